The fourth-order valence-corrected chi connectivity index (χ4v) is 0.774. The first-order valence-corrected chi connectivity index (χ1v) is 3.62. The Morgan fingerprint density at radius 3 is 1.89 bits per heavy atom. The van der Waals surface area contributed by atoms with E-state index >= 15 is 0 Å². The van der Waals surface area contributed by atoms with Gasteiger partial charge in [0.05, 0.1) is 5.75 Å². The summed E-state index contributed by atoms with van der Waals surface area (Å²) in [6.45, 7) is 1.69. The zero-order valence-corrected chi connectivity index (χ0v) is 7.43. The summed E-state index contributed by atoms with van der Waals surface area (Å²) in [6.07, 6.45) is 0.471. The van der Waals surface area contributed by atoms with Gasteiger partial charge in [-0.3, -0.25) is 9.26 Å². The van der Waals surface area contributed by atoms with Crippen LogP contribution in [0.4, 0.5) is 4.70 Å². The van der Waals surface area contributed by atoms with Crippen LogP contribution in [0, 0.1) is 0 Å². The van der Waals surface area contributed by atoms with E-state index in [2.05, 4.69) is 0 Å². The van der Waals surface area contributed by atoms with Gasteiger partial charge in [-0.15, -0.1) is 0 Å². The molecule has 0 aliphatic heterocycles. The Hall–Kier alpha value is 0.606. The van der Waals surface area contributed by atoms with Crippen LogP contribution in [0.2, 0.25) is 0 Å². The van der Waals surface area contributed by atoms with Crippen molar-refractivity contribution in [2.45, 2.75) is 13.3 Å². The first-order valence-electron chi connectivity index (χ1n) is 2.01. The van der Waals surface area contributed by atoms with Crippen molar-refractivity contribution >= 4 is 33.2 Å². The molecule has 1 N–H and O–H groups in total. The molecule has 0 saturated heterocycles. The minimum absolute atomic E-state index is 0. The van der Waals surface area contributed by atoms with Crippen LogP contribution in [0.1, 0.15) is 16.2 Å². The SMILES string of the molecule is CCCS(=O)(=O)O.F.[H-].[H-].[Mg+2]. The molecule has 0 aromatic heterocycles. The quantitative estimate of drug-likeness (QED) is 0.478. The third kappa shape index (κ3) is 17.7. The van der Waals surface area contributed by atoms with Crippen LogP contribution in [0.25, 0.3) is 0 Å². The van der Waals surface area contributed by atoms with Gasteiger partial charge < -0.3 is 2.85 Å². The maximum Gasteiger partial charge on any atom is 2.00 e. The van der Waals surface area contributed by atoms with Gasteiger partial charge in [0.1, 0.15) is 0 Å². The van der Waals surface area contributed by atoms with Crippen molar-refractivity contribution in [1.29, 1.82) is 0 Å². The minimum Gasteiger partial charge on any atom is -1.00 e. The van der Waals surface area contributed by atoms with Crippen molar-refractivity contribution in [3.8, 4) is 0 Å². The van der Waals surface area contributed by atoms with Gasteiger partial charge in [0.25, 0.3) is 10.1 Å². The largest absolute Gasteiger partial charge is 2.00 e. The average molecular weight is 170 g/mol. The molecule has 0 aromatic rings. The summed E-state index contributed by atoms with van der Waals surface area (Å²) in [5, 5.41) is 0. The molecule has 0 unspecified atom stereocenters. The van der Waals surface area contributed by atoms with E-state index in [1.165, 1.54) is 0 Å². The summed E-state index contributed by atoms with van der Waals surface area (Å²) in [5.74, 6) is -0.132. The van der Waals surface area contributed by atoms with Crippen LogP contribution in [0.5, 0.6) is 0 Å². The van der Waals surface area contributed by atoms with Gasteiger partial charge in [0, 0.05) is 0 Å². The van der Waals surface area contributed by atoms with Crippen molar-refractivity contribution in [2.24, 2.45) is 0 Å². The molecule has 9 heavy (non-hydrogen) atoms. The maximum absolute atomic E-state index is 9.79. The van der Waals surface area contributed by atoms with E-state index in [1.807, 2.05) is 0 Å². The summed E-state index contributed by atoms with van der Waals surface area (Å²) >= 11 is 0. The zero-order valence-electron chi connectivity index (χ0n) is 7.20. The van der Waals surface area contributed by atoms with Gasteiger partial charge in [0.2, 0.25) is 0 Å². The molecule has 0 atom stereocenters. The number of hydrogen-bond donors (Lipinski definition) is 1. The van der Waals surface area contributed by atoms with Crippen molar-refractivity contribution in [2.75, 3.05) is 5.75 Å². The standard InChI is InChI=1S/C3H8O3S.FH.Mg.2H/c1-2-3-7(4,5)6;;;;/h2-3H2,1H3,(H,4,5,6);1H;;;/q;;+2;2*-1. The number of hydrogen-bond acceptors (Lipinski definition) is 2. The third-order valence-corrected chi connectivity index (χ3v) is 1.39. The molecule has 0 saturated carbocycles. The predicted molar refractivity (Wildman–Crippen MR) is 37.2 cm³/mol. The van der Waals surface area contributed by atoms with E-state index in [4.69, 9.17) is 4.55 Å². The van der Waals surface area contributed by atoms with E-state index in [0.717, 1.165) is 0 Å². The van der Waals surface area contributed by atoms with Crippen LogP contribution >= 0.6 is 0 Å². The van der Waals surface area contributed by atoms with Crippen LogP contribution in [-0.2, 0) is 10.1 Å². The summed E-state index contributed by atoms with van der Waals surface area (Å²) < 4.78 is 27.6. The van der Waals surface area contributed by atoms with Crippen LogP contribution in [0.15, 0.2) is 0 Å². The van der Waals surface area contributed by atoms with Crippen LogP contribution in [-0.4, -0.2) is 41.8 Å². The summed E-state index contributed by atoms with van der Waals surface area (Å²) in [7, 11) is -3.67. The molecule has 0 aliphatic carbocycles. The molecular weight excluding hydrogens is 159 g/mol. The van der Waals surface area contributed by atoms with Gasteiger partial charge in [-0.25, -0.2) is 0 Å². The molecule has 0 rings (SSSR count). The van der Waals surface area contributed by atoms with Gasteiger partial charge in [0.15, 0.2) is 0 Å². The third-order valence-electron chi connectivity index (χ3n) is 0.462. The fourth-order valence-electron chi connectivity index (χ4n) is 0.258. The second-order valence-electron chi connectivity index (χ2n) is 1.29. The Kier molecular flexibility index (Phi) is 12.2. The molecule has 0 heterocycles. The maximum atomic E-state index is 9.79. The molecule has 0 spiro atoms. The monoisotopic (exact) mass is 170 g/mol. The van der Waals surface area contributed by atoms with E-state index in [-0.39, 0.29) is 36.4 Å². The number of rotatable bonds is 2. The van der Waals surface area contributed by atoms with Gasteiger partial charge >= 0.3 is 23.1 Å². The van der Waals surface area contributed by atoms with E-state index in [0.29, 0.717) is 6.42 Å². The van der Waals surface area contributed by atoms with Crippen molar-refractivity contribution in [1.82, 2.24) is 0 Å². The Morgan fingerprint density at radius 2 is 1.89 bits per heavy atom. The molecule has 0 aromatic carbocycles. The normalized spacial score (nSPS) is 9.11. The van der Waals surface area contributed by atoms with Gasteiger partial charge in [-0.2, -0.15) is 8.42 Å². The molecule has 0 fully saturated rings. The summed E-state index contributed by atoms with van der Waals surface area (Å²) in [5.41, 5.74) is 0. The van der Waals surface area contributed by atoms with E-state index in [9.17, 15) is 8.42 Å². The topological polar surface area (TPSA) is 54.4 Å². The molecule has 0 amide bonds. The predicted octanol–water partition coefficient (Wildman–Crippen LogP) is 0.281. The molecule has 0 bridgehead atoms. The Morgan fingerprint density at radius 1 is 1.56 bits per heavy atom. The Labute approximate surface area is 73.1 Å². The molecule has 3 nitrogen and oxygen atoms in total. The summed E-state index contributed by atoms with van der Waals surface area (Å²) in [6, 6.07) is 0. The fraction of sp³-hybridized carbons (Fsp3) is 1.00. The molecule has 56 valence electrons. The second kappa shape index (κ2) is 6.72. The van der Waals surface area contributed by atoms with E-state index in [1.54, 1.807) is 6.92 Å². The van der Waals surface area contributed by atoms with Gasteiger partial charge in [-0.05, 0) is 6.42 Å². The molecular formula is C3H11FMgO3S. The molecule has 6 heteroatoms. The smallest absolute Gasteiger partial charge is 1.00 e. The van der Waals surface area contributed by atoms with Gasteiger partial charge in [-0.1, -0.05) is 6.92 Å². The van der Waals surface area contributed by atoms with Crippen molar-refractivity contribution < 1.29 is 20.5 Å². The Balaban J connectivity index is -0.0000000300. The number of halogens is 1. The Bertz CT molecular complexity index is 140. The minimum atomic E-state index is -3.67. The molecule has 0 aliphatic rings. The van der Waals surface area contributed by atoms with Crippen molar-refractivity contribution in [3.63, 3.8) is 0 Å². The van der Waals surface area contributed by atoms with Crippen LogP contribution < -0.4 is 0 Å². The zero-order chi connectivity index (χ0) is 5.91. The second-order valence-corrected chi connectivity index (χ2v) is 2.86. The molecule has 0 radical (unpaired) electrons. The summed E-state index contributed by atoms with van der Waals surface area (Å²) in [4.78, 5) is 0. The van der Waals surface area contributed by atoms with Crippen LogP contribution in [0.3, 0.4) is 0 Å². The average Bonchev–Trinajstić information content (AvgIpc) is 1.30. The van der Waals surface area contributed by atoms with E-state index < -0.39 is 10.1 Å². The first kappa shape index (κ1) is 16.3. The van der Waals surface area contributed by atoms with Crippen molar-refractivity contribution in [3.05, 3.63) is 0 Å². The first-order chi connectivity index (χ1) is 3.06.